The molecule has 0 aliphatic rings. The summed E-state index contributed by atoms with van der Waals surface area (Å²) in [6.07, 6.45) is 0.370. The van der Waals surface area contributed by atoms with Crippen LogP contribution in [0, 0.1) is 5.41 Å². The summed E-state index contributed by atoms with van der Waals surface area (Å²) >= 11 is 0. The molecule has 0 aromatic heterocycles. The van der Waals surface area contributed by atoms with E-state index in [-0.39, 0.29) is 11.9 Å². The molecule has 1 aromatic rings. The van der Waals surface area contributed by atoms with E-state index in [4.69, 9.17) is 11.1 Å². The molecular formula is C12H18N4O. The molecule has 0 saturated carbocycles. The van der Waals surface area contributed by atoms with E-state index in [2.05, 4.69) is 0 Å². The summed E-state index contributed by atoms with van der Waals surface area (Å²) in [5, 5.41) is 7.22. The molecule has 2 amide bonds. The summed E-state index contributed by atoms with van der Waals surface area (Å²) in [4.78, 5) is 15.1. The zero-order chi connectivity index (χ0) is 12.8. The first-order chi connectivity index (χ1) is 8.02. The minimum Gasteiger partial charge on any atom is -0.388 e. The summed E-state index contributed by atoms with van der Waals surface area (Å²) in [5.74, 6) is 0.0810. The van der Waals surface area contributed by atoms with Gasteiger partial charge in [-0.1, -0.05) is 18.2 Å². The molecule has 0 bridgehead atoms. The van der Waals surface area contributed by atoms with Gasteiger partial charge in [0.05, 0.1) is 5.84 Å². The van der Waals surface area contributed by atoms with Gasteiger partial charge >= 0.3 is 6.03 Å². The highest BCUT2D eigenvalue weighted by Crippen LogP contribution is 2.15. The molecule has 0 radical (unpaired) electrons. The number of amides is 2. The lowest BCUT2D eigenvalue weighted by atomic mass is 10.2. The minimum atomic E-state index is -0.113. The standard InChI is InChI=1S/C12H18N4O/c1-15(2)12(17)16(9-8-11(13)14)10-6-4-3-5-7-10/h3-7H,8-9H2,1-2H3,(H3,13,14). The van der Waals surface area contributed by atoms with Crippen molar-refractivity contribution in [1.29, 1.82) is 5.41 Å². The van der Waals surface area contributed by atoms with Crippen LogP contribution in [0.1, 0.15) is 6.42 Å². The third kappa shape index (κ3) is 3.79. The molecule has 0 spiro atoms. The van der Waals surface area contributed by atoms with Gasteiger partial charge < -0.3 is 10.6 Å². The number of anilines is 1. The maximum absolute atomic E-state index is 12.0. The molecule has 0 saturated heterocycles. The van der Waals surface area contributed by atoms with Crippen LogP contribution in [0.25, 0.3) is 0 Å². The van der Waals surface area contributed by atoms with E-state index in [1.807, 2.05) is 30.3 Å². The number of nitrogens with one attached hydrogen (secondary N) is 1. The Bertz CT molecular complexity index is 389. The number of para-hydroxylation sites is 1. The number of benzene rings is 1. The summed E-state index contributed by atoms with van der Waals surface area (Å²) < 4.78 is 0. The van der Waals surface area contributed by atoms with Crippen molar-refractivity contribution >= 4 is 17.6 Å². The topological polar surface area (TPSA) is 73.4 Å². The van der Waals surface area contributed by atoms with Crippen molar-refractivity contribution in [1.82, 2.24) is 4.90 Å². The van der Waals surface area contributed by atoms with Gasteiger partial charge in [-0.15, -0.1) is 0 Å². The number of nitrogens with two attached hydrogens (primary N) is 1. The van der Waals surface area contributed by atoms with Crippen LogP contribution < -0.4 is 10.6 Å². The molecule has 3 N–H and O–H groups in total. The number of urea groups is 1. The fraction of sp³-hybridized carbons (Fsp3) is 0.333. The van der Waals surface area contributed by atoms with Crippen LogP contribution in [0.4, 0.5) is 10.5 Å². The number of nitrogens with zero attached hydrogens (tertiary/aromatic N) is 2. The third-order valence-electron chi connectivity index (χ3n) is 2.29. The van der Waals surface area contributed by atoms with Gasteiger partial charge in [-0.25, -0.2) is 4.79 Å². The highest BCUT2D eigenvalue weighted by molar-refractivity contribution is 5.92. The van der Waals surface area contributed by atoms with Gasteiger partial charge in [0.1, 0.15) is 0 Å². The molecule has 5 nitrogen and oxygen atoms in total. The molecule has 1 rings (SSSR count). The molecular weight excluding hydrogens is 216 g/mol. The van der Waals surface area contributed by atoms with Gasteiger partial charge in [0.15, 0.2) is 0 Å². The smallest absolute Gasteiger partial charge is 0.323 e. The Hall–Kier alpha value is -2.04. The molecule has 0 heterocycles. The fourth-order valence-electron chi connectivity index (χ4n) is 1.42. The lowest BCUT2D eigenvalue weighted by Gasteiger charge is -2.26. The van der Waals surface area contributed by atoms with Crippen molar-refractivity contribution in [2.75, 3.05) is 25.5 Å². The lowest BCUT2D eigenvalue weighted by molar-refractivity contribution is 0.224. The fourth-order valence-corrected chi connectivity index (χ4v) is 1.42. The molecule has 1 aromatic carbocycles. The van der Waals surface area contributed by atoms with Gasteiger partial charge in [0.25, 0.3) is 0 Å². The van der Waals surface area contributed by atoms with Crippen LogP contribution in [0.2, 0.25) is 0 Å². The molecule has 0 aliphatic carbocycles. The second-order valence-corrected chi connectivity index (χ2v) is 3.94. The van der Waals surface area contributed by atoms with Crippen LogP contribution in [-0.2, 0) is 0 Å². The van der Waals surface area contributed by atoms with Crippen molar-refractivity contribution in [3.8, 4) is 0 Å². The summed E-state index contributed by atoms with van der Waals surface area (Å²) in [7, 11) is 3.40. The SMILES string of the molecule is CN(C)C(=O)N(CCC(=N)N)c1ccccc1. The molecule has 5 heteroatoms. The van der Waals surface area contributed by atoms with Gasteiger partial charge in [-0.05, 0) is 12.1 Å². The molecule has 0 atom stereocenters. The Morgan fingerprint density at radius 1 is 1.29 bits per heavy atom. The van der Waals surface area contributed by atoms with Crippen LogP contribution in [0.15, 0.2) is 30.3 Å². The van der Waals surface area contributed by atoms with E-state index in [1.165, 1.54) is 4.90 Å². The van der Waals surface area contributed by atoms with Crippen LogP contribution in [0.5, 0.6) is 0 Å². The Morgan fingerprint density at radius 3 is 2.35 bits per heavy atom. The summed E-state index contributed by atoms with van der Waals surface area (Å²) in [6.45, 7) is 0.413. The van der Waals surface area contributed by atoms with E-state index in [9.17, 15) is 4.79 Å². The van der Waals surface area contributed by atoms with E-state index in [1.54, 1.807) is 19.0 Å². The highest BCUT2D eigenvalue weighted by atomic mass is 16.2. The van der Waals surface area contributed by atoms with E-state index in [0.717, 1.165) is 5.69 Å². The van der Waals surface area contributed by atoms with Crippen LogP contribution in [0.3, 0.4) is 0 Å². The predicted molar refractivity (Wildman–Crippen MR) is 69.4 cm³/mol. The first-order valence-electron chi connectivity index (χ1n) is 5.39. The average molecular weight is 234 g/mol. The Balaban J connectivity index is 2.86. The largest absolute Gasteiger partial charge is 0.388 e. The Kier molecular flexibility index (Phi) is 4.51. The molecule has 0 aliphatic heterocycles. The zero-order valence-corrected chi connectivity index (χ0v) is 10.2. The molecule has 92 valence electrons. The minimum absolute atomic E-state index is 0.0810. The average Bonchev–Trinajstić information content (AvgIpc) is 2.30. The Morgan fingerprint density at radius 2 is 1.88 bits per heavy atom. The number of hydrogen-bond donors (Lipinski definition) is 2. The summed E-state index contributed by atoms with van der Waals surface area (Å²) in [6, 6.07) is 9.26. The van der Waals surface area contributed by atoms with Crippen LogP contribution >= 0.6 is 0 Å². The maximum Gasteiger partial charge on any atom is 0.323 e. The first kappa shape index (κ1) is 13.0. The van der Waals surface area contributed by atoms with Gasteiger partial charge in [-0.2, -0.15) is 0 Å². The number of carbonyl (C=O) groups is 1. The molecule has 0 fully saturated rings. The van der Waals surface area contributed by atoms with Crippen molar-refractivity contribution in [3.05, 3.63) is 30.3 Å². The first-order valence-corrected chi connectivity index (χ1v) is 5.39. The quantitative estimate of drug-likeness (QED) is 0.612. The van der Waals surface area contributed by atoms with E-state index in [0.29, 0.717) is 13.0 Å². The zero-order valence-electron chi connectivity index (χ0n) is 10.2. The number of hydrogen-bond acceptors (Lipinski definition) is 2. The van der Waals surface area contributed by atoms with Crippen molar-refractivity contribution in [3.63, 3.8) is 0 Å². The van der Waals surface area contributed by atoms with E-state index < -0.39 is 0 Å². The lowest BCUT2D eigenvalue weighted by Crippen LogP contribution is -2.40. The number of amidine groups is 1. The monoisotopic (exact) mass is 234 g/mol. The second kappa shape index (κ2) is 5.89. The summed E-state index contributed by atoms with van der Waals surface area (Å²) in [5.41, 5.74) is 6.14. The molecule has 17 heavy (non-hydrogen) atoms. The Labute approximate surface area is 101 Å². The van der Waals surface area contributed by atoms with Gasteiger partial charge in [0.2, 0.25) is 0 Å². The normalized spacial score (nSPS) is 9.76. The predicted octanol–water partition coefficient (Wildman–Crippen LogP) is 1.50. The van der Waals surface area contributed by atoms with E-state index >= 15 is 0 Å². The number of rotatable bonds is 4. The van der Waals surface area contributed by atoms with Gasteiger partial charge in [-0.3, -0.25) is 10.3 Å². The second-order valence-electron chi connectivity index (χ2n) is 3.94. The van der Waals surface area contributed by atoms with Crippen molar-refractivity contribution in [2.24, 2.45) is 5.73 Å². The van der Waals surface area contributed by atoms with Crippen molar-refractivity contribution < 1.29 is 4.79 Å². The molecule has 0 unspecified atom stereocenters. The van der Waals surface area contributed by atoms with Gasteiger partial charge in [0, 0.05) is 32.7 Å². The van der Waals surface area contributed by atoms with Crippen LogP contribution in [-0.4, -0.2) is 37.4 Å². The van der Waals surface area contributed by atoms with Crippen molar-refractivity contribution in [2.45, 2.75) is 6.42 Å². The number of carbonyl (C=O) groups excluding carboxylic acids is 1. The highest BCUT2D eigenvalue weighted by Gasteiger charge is 2.16. The maximum atomic E-state index is 12.0. The third-order valence-corrected chi connectivity index (χ3v) is 2.29.